The summed E-state index contributed by atoms with van der Waals surface area (Å²) < 4.78 is 0.269. The van der Waals surface area contributed by atoms with Gasteiger partial charge in [-0.2, -0.15) is 0 Å². The van der Waals surface area contributed by atoms with E-state index >= 15 is 0 Å². The molecule has 0 aliphatic heterocycles. The summed E-state index contributed by atoms with van der Waals surface area (Å²) in [5, 5.41) is 0. The van der Waals surface area contributed by atoms with Crippen molar-refractivity contribution in [3.8, 4) is 0 Å². The van der Waals surface area contributed by atoms with Gasteiger partial charge in [0.1, 0.15) is 0 Å². The van der Waals surface area contributed by atoms with Gasteiger partial charge in [-0.15, -0.1) is 0 Å². The second-order valence-electron chi connectivity index (χ2n) is 7.31. The van der Waals surface area contributed by atoms with Gasteiger partial charge in [0.25, 0.3) is 0 Å². The van der Waals surface area contributed by atoms with Crippen LogP contribution in [0.15, 0.2) is 46.6 Å². The molecule has 3 heteroatoms. The van der Waals surface area contributed by atoms with Crippen LogP contribution in [0.5, 0.6) is 0 Å². The van der Waals surface area contributed by atoms with Gasteiger partial charge in [-0.1, -0.05) is 56.2 Å². The number of hydrogen-bond donors (Lipinski definition) is 0. The van der Waals surface area contributed by atoms with Crippen molar-refractivity contribution in [3.05, 3.63) is 46.6 Å². The van der Waals surface area contributed by atoms with E-state index < -0.39 is 0 Å². The zero-order valence-electron chi connectivity index (χ0n) is 13.6. The average molecular weight is 515 g/mol. The van der Waals surface area contributed by atoms with E-state index in [9.17, 15) is 0 Å². The molecule has 0 saturated heterocycles. The fourth-order valence-corrected chi connectivity index (χ4v) is 6.24. The first-order chi connectivity index (χ1) is 10.6. The van der Waals surface area contributed by atoms with Gasteiger partial charge in [0.15, 0.2) is 0 Å². The van der Waals surface area contributed by atoms with E-state index in [0.717, 1.165) is 0 Å². The molecule has 2 unspecified atom stereocenters. The van der Waals surface area contributed by atoms with Crippen molar-refractivity contribution in [2.75, 3.05) is 0 Å². The van der Waals surface area contributed by atoms with E-state index in [4.69, 9.17) is 0 Å². The van der Waals surface area contributed by atoms with Crippen molar-refractivity contribution < 1.29 is 26.2 Å². The van der Waals surface area contributed by atoms with Crippen LogP contribution in [0.25, 0.3) is 0 Å². The minimum absolute atomic E-state index is 0. The topological polar surface area (TPSA) is 0 Å². The third kappa shape index (κ3) is 3.41. The maximum absolute atomic E-state index is 4.10. The maximum atomic E-state index is 4.10. The standard InChI is InChI=1S/C20H24Br2.Zr/c21-19(11-9-15-5-1-3-7-17(15)19)13-14-20(22)12-10-16-6-2-4-8-18(16)20;/h9-12H,1-8,13-14H2;. The van der Waals surface area contributed by atoms with Gasteiger partial charge in [0, 0.05) is 26.2 Å². The minimum atomic E-state index is 0. The Bertz CT molecular complexity index is 559. The van der Waals surface area contributed by atoms with Crippen LogP contribution in [0.1, 0.15) is 64.2 Å². The summed E-state index contributed by atoms with van der Waals surface area (Å²) in [5.74, 6) is 0. The maximum Gasteiger partial charge on any atom is 0.0655 e. The van der Waals surface area contributed by atoms with Crippen molar-refractivity contribution in [1.82, 2.24) is 0 Å². The number of hydrogen-bond acceptors (Lipinski definition) is 0. The summed E-state index contributed by atoms with van der Waals surface area (Å²) in [6, 6.07) is 0. The molecule has 0 N–H and O–H groups in total. The monoisotopic (exact) mass is 512 g/mol. The molecule has 4 aliphatic rings. The van der Waals surface area contributed by atoms with Gasteiger partial charge in [-0.3, -0.25) is 0 Å². The molecule has 0 aromatic rings. The van der Waals surface area contributed by atoms with Crippen molar-refractivity contribution in [3.63, 3.8) is 0 Å². The Balaban J connectivity index is 0.00000156. The van der Waals surface area contributed by atoms with E-state index in [1.807, 2.05) is 0 Å². The van der Waals surface area contributed by atoms with Crippen molar-refractivity contribution in [2.45, 2.75) is 72.9 Å². The first-order valence-electron chi connectivity index (χ1n) is 8.82. The molecule has 4 rings (SSSR count). The number of rotatable bonds is 3. The molecule has 0 radical (unpaired) electrons. The Morgan fingerprint density at radius 1 is 0.696 bits per heavy atom. The quantitative estimate of drug-likeness (QED) is 0.359. The van der Waals surface area contributed by atoms with Gasteiger partial charge >= 0.3 is 0 Å². The molecule has 0 aromatic heterocycles. The van der Waals surface area contributed by atoms with Crippen LogP contribution >= 0.6 is 31.9 Å². The summed E-state index contributed by atoms with van der Waals surface area (Å²) in [4.78, 5) is 0. The average Bonchev–Trinajstić information content (AvgIpc) is 3.07. The van der Waals surface area contributed by atoms with Gasteiger partial charge < -0.3 is 0 Å². The van der Waals surface area contributed by atoms with E-state index in [0.29, 0.717) is 0 Å². The molecule has 122 valence electrons. The predicted octanol–water partition coefficient (Wildman–Crippen LogP) is 6.91. The predicted molar refractivity (Wildman–Crippen MR) is 102 cm³/mol. The molecule has 23 heavy (non-hydrogen) atoms. The van der Waals surface area contributed by atoms with Crippen molar-refractivity contribution in [1.29, 1.82) is 0 Å². The van der Waals surface area contributed by atoms with Gasteiger partial charge in [0.2, 0.25) is 0 Å². The molecule has 4 aliphatic carbocycles. The Kier molecular flexibility index (Phi) is 5.82. The summed E-state index contributed by atoms with van der Waals surface area (Å²) >= 11 is 8.20. The summed E-state index contributed by atoms with van der Waals surface area (Å²) in [7, 11) is 0. The van der Waals surface area contributed by atoms with Crippen LogP contribution in [0.3, 0.4) is 0 Å². The first kappa shape index (κ1) is 18.6. The smallest absolute Gasteiger partial charge is 0.0655 e. The Morgan fingerprint density at radius 3 is 1.52 bits per heavy atom. The number of halogens is 2. The molecule has 0 aromatic carbocycles. The molecular weight excluding hydrogens is 491 g/mol. The second-order valence-corrected chi connectivity index (χ2v) is 10.1. The minimum Gasteiger partial charge on any atom is -0.0759 e. The van der Waals surface area contributed by atoms with Crippen LogP contribution < -0.4 is 0 Å². The third-order valence-electron chi connectivity index (χ3n) is 5.97. The third-order valence-corrected chi connectivity index (χ3v) is 8.25. The van der Waals surface area contributed by atoms with E-state index in [1.165, 1.54) is 64.2 Å². The molecule has 0 bridgehead atoms. The molecule has 2 atom stereocenters. The molecule has 0 saturated carbocycles. The van der Waals surface area contributed by atoms with E-state index in [-0.39, 0.29) is 34.9 Å². The van der Waals surface area contributed by atoms with Gasteiger partial charge in [-0.25, -0.2) is 0 Å². The molecule has 0 spiro atoms. The summed E-state index contributed by atoms with van der Waals surface area (Å²) in [6.07, 6.45) is 22.6. The molecule has 0 heterocycles. The van der Waals surface area contributed by atoms with Crippen molar-refractivity contribution in [2.24, 2.45) is 0 Å². The zero-order chi connectivity index (χ0) is 15.2. The zero-order valence-corrected chi connectivity index (χ0v) is 19.3. The van der Waals surface area contributed by atoms with Crippen LogP contribution in [0.2, 0.25) is 0 Å². The van der Waals surface area contributed by atoms with E-state index in [1.54, 1.807) is 22.3 Å². The Labute approximate surface area is 176 Å². The second kappa shape index (κ2) is 7.20. The fourth-order valence-electron chi connectivity index (χ4n) is 4.67. The van der Waals surface area contributed by atoms with Crippen LogP contribution in [0.4, 0.5) is 0 Å². The van der Waals surface area contributed by atoms with Crippen LogP contribution in [0, 0.1) is 0 Å². The SMILES string of the molecule is BrC1(CCC2(Br)C=CC3=C2CCCC3)C=CC2=C1CCCC2.[Zr]. The van der Waals surface area contributed by atoms with E-state index in [2.05, 4.69) is 56.2 Å². The molecule has 0 fully saturated rings. The largest absolute Gasteiger partial charge is 0.0759 e. The summed E-state index contributed by atoms with van der Waals surface area (Å²) in [5.41, 5.74) is 6.59. The Hall–Kier alpha value is 0.803. The molecule has 0 amide bonds. The first-order valence-corrected chi connectivity index (χ1v) is 10.4. The molecular formula is C20H24Br2Zr. The number of allylic oxidation sites excluding steroid dienone is 8. The summed E-state index contributed by atoms with van der Waals surface area (Å²) in [6.45, 7) is 0. The van der Waals surface area contributed by atoms with Crippen LogP contribution in [-0.4, -0.2) is 8.65 Å². The van der Waals surface area contributed by atoms with Crippen LogP contribution in [-0.2, 0) is 26.2 Å². The Morgan fingerprint density at radius 2 is 1.09 bits per heavy atom. The van der Waals surface area contributed by atoms with Crippen molar-refractivity contribution >= 4 is 31.9 Å². The van der Waals surface area contributed by atoms with Gasteiger partial charge in [-0.05, 0) is 86.5 Å². The normalized spacial score (nSPS) is 35.4. The molecule has 0 nitrogen and oxygen atoms in total. The van der Waals surface area contributed by atoms with Gasteiger partial charge in [0.05, 0.1) is 8.65 Å². The number of alkyl halides is 2. The fraction of sp³-hybridized carbons (Fsp3) is 0.600.